The maximum absolute atomic E-state index is 11.1. The Labute approximate surface area is 87.9 Å². The highest BCUT2D eigenvalue weighted by Crippen LogP contribution is 2.03. The van der Waals surface area contributed by atoms with Crippen LogP contribution < -0.4 is 5.32 Å². The van der Waals surface area contributed by atoms with Crippen LogP contribution >= 0.6 is 0 Å². The molecule has 1 amide bonds. The topological polar surface area (TPSA) is 72.2 Å². The monoisotopic (exact) mass is 210 g/mol. The fourth-order valence-electron chi connectivity index (χ4n) is 1.06. The number of hydrogen-bond donors (Lipinski definition) is 1. The zero-order chi connectivity index (χ0) is 11.3. The third kappa shape index (κ3) is 3.93. The van der Waals surface area contributed by atoms with Crippen molar-refractivity contribution in [1.29, 1.82) is 0 Å². The first-order chi connectivity index (χ1) is 7.11. The van der Waals surface area contributed by atoms with Crippen molar-refractivity contribution < 1.29 is 14.0 Å². The number of nitrogens with zero attached hydrogens (tertiary/aromatic N) is 1. The summed E-state index contributed by atoms with van der Waals surface area (Å²) >= 11 is 0. The smallest absolute Gasteiger partial charge is 0.227 e. The fourth-order valence-corrected chi connectivity index (χ4v) is 1.06. The predicted molar refractivity (Wildman–Crippen MR) is 53.0 cm³/mol. The Morgan fingerprint density at radius 2 is 2.27 bits per heavy atom. The maximum Gasteiger partial charge on any atom is 0.227 e. The Morgan fingerprint density at radius 1 is 1.53 bits per heavy atom. The molecular weight excluding hydrogens is 196 g/mol. The molecule has 1 heterocycles. The second-order valence-electron chi connectivity index (χ2n) is 3.23. The van der Waals surface area contributed by atoms with E-state index in [9.17, 15) is 9.59 Å². The molecule has 0 saturated carbocycles. The summed E-state index contributed by atoms with van der Waals surface area (Å²) < 4.78 is 5.28. The number of rotatable bonds is 5. The molecule has 5 heteroatoms. The van der Waals surface area contributed by atoms with Crippen LogP contribution in [0.3, 0.4) is 0 Å². The van der Waals surface area contributed by atoms with Crippen molar-refractivity contribution >= 4 is 11.7 Å². The lowest BCUT2D eigenvalue weighted by atomic mass is 10.3. The summed E-state index contributed by atoms with van der Waals surface area (Å²) in [5.41, 5.74) is 0. The van der Waals surface area contributed by atoms with E-state index in [4.69, 9.17) is 4.42 Å². The Kier molecular flexibility index (Phi) is 4.03. The highest BCUT2D eigenvalue weighted by atomic mass is 16.4. The summed E-state index contributed by atoms with van der Waals surface area (Å²) in [5.74, 6) is 0.780. The van der Waals surface area contributed by atoms with E-state index in [-0.39, 0.29) is 24.7 Å². The lowest BCUT2D eigenvalue weighted by molar-refractivity contribution is -0.127. The van der Waals surface area contributed by atoms with Crippen LogP contribution in [0.15, 0.2) is 10.6 Å². The molecule has 5 nitrogen and oxygen atoms in total. The minimum atomic E-state index is -0.307. The molecule has 82 valence electrons. The molecule has 15 heavy (non-hydrogen) atoms. The average Bonchev–Trinajstić information content (AvgIpc) is 2.61. The van der Waals surface area contributed by atoms with Gasteiger partial charge in [-0.05, 0) is 6.92 Å². The van der Waals surface area contributed by atoms with Crippen LogP contribution in [0.5, 0.6) is 0 Å². The quantitative estimate of drug-likeness (QED) is 0.731. The highest BCUT2D eigenvalue weighted by molar-refractivity contribution is 5.96. The van der Waals surface area contributed by atoms with E-state index in [1.165, 1.54) is 6.92 Å². The van der Waals surface area contributed by atoms with Gasteiger partial charge in [0.1, 0.15) is 11.5 Å². The zero-order valence-corrected chi connectivity index (χ0v) is 8.87. The van der Waals surface area contributed by atoms with Gasteiger partial charge >= 0.3 is 0 Å². The lowest BCUT2D eigenvalue weighted by Gasteiger charge is -1.99. The summed E-state index contributed by atoms with van der Waals surface area (Å²) in [6, 6.07) is 0. The van der Waals surface area contributed by atoms with Crippen LogP contribution in [0.4, 0.5) is 0 Å². The second-order valence-corrected chi connectivity index (χ2v) is 3.23. The van der Waals surface area contributed by atoms with Gasteiger partial charge in [0.05, 0.1) is 19.2 Å². The van der Waals surface area contributed by atoms with Gasteiger partial charge in [-0.15, -0.1) is 0 Å². The number of ketones is 1. The molecule has 1 aromatic heterocycles. The third-order valence-corrected chi connectivity index (χ3v) is 1.80. The van der Waals surface area contributed by atoms with Gasteiger partial charge in [0.25, 0.3) is 0 Å². The summed E-state index contributed by atoms with van der Waals surface area (Å²) in [5, 5.41) is 2.55. The molecule has 0 aliphatic rings. The number of amides is 1. The normalized spacial score (nSPS) is 10.0. The summed E-state index contributed by atoms with van der Waals surface area (Å²) in [4.78, 5) is 25.7. The highest BCUT2D eigenvalue weighted by Gasteiger charge is 2.07. The Hall–Kier alpha value is -1.65. The van der Waals surface area contributed by atoms with Gasteiger partial charge in [-0.25, -0.2) is 4.98 Å². The largest absolute Gasteiger partial charge is 0.444 e. The van der Waals surface area contributed by atoms with Crippen LogP contribution in [0.25, 0.3) is 0 Å². The minimum Gasteiger partial charge on any atom is -0.444 e. The molecule has 1 N–H and O–H groups in total. The number of oxazole rings is 1. The van der Waals surface area contributed by atoms with E-state index >= 15 is 0 Å². The van der Waals surface area contributed by atoms with Crippen molar-refractivity contribution in [3.05, 3.63) is 17.8 Å². The van der Waals surface area contributed by atoms with Gasteiger partial charge in [0, 0.05) is 6.42 Å². The van der Waals surface area contributed by atoms with Crippen LogP contribution in [0.2, 0.25) is 0 Å². The number of aromatic nitrogens is 1. The first kappa shape index (κ1) is 11.4. The van der Waals surface area contributed by atoms with Crippen molar-refractivity contribution in [2.45, 2.75) is 33.2 Å². The number of carbonyl (C=O) groups is 2. The molecule has 0 aromatic carbocycles. The number of aryl methyl sites for hydroxylation is 1. The van der Waals surface area contributed by atoms with Crippen molar-refractivity contribution in [2.75, 3.05) is 0 Å². The maximum atomic E-state index is 11.1. The zero-order valence-electron chi connectivity index (χ0n) is 8.87. The van der Waals surface area contributed by atoms with Gasteiger partial charge in [0.15, 0.2) is 0 Å². The van der Waals surface area contributed by atoms with E-state index in [0.29, 0.717) is 5.89 Å². The van der Waals surface area contributed by atoms with Gasteiger partial charge < -0.3 is 9.73 Å². The molecule has 0 fully saturated rings. The van der Waals surface area contributed by atoms with Crippen molar-refractivity contribution in [3.63, 3.8) is 0 Å². The van der Waals surface area contributed by atoms with Crippen LogP contribution in [0.1, 0.15) is 31.9 Å². The molecule has 1 rings (SSSR count). The third-order valence-electron chi connectivity index (χ3n) is 1.80. The van der Waals surface area contributed by atoms with Crippen LogP contribution in [-0.4, -0.2) is 16.7 Å². The number of Topliss-reactive ketones (excluding diaryl/α,β-unsaturated/α-hetero) is 1. The molecule has 0 saturated heterocycles. The SMILES string of the molecule is CCc1cnc(CNC(=O)CC(C)=O)o1. The molecule has 0 spiro atoms. The van der Waals surface area contributed by atoms with Crippen molar-refractivity contribution in [1.82, 2.24) is 10.3 Å². The standard InChI is InChI=1S/C10H14N2O3/c1-3-8-5-12-10(15-8)6-11-9(14)4-7(2)13/h5H,3-4,6H2,1-2H3,(H,11,14). The van der Waals surface area contributed by atoms with E-state index in [2.05, 4.69) is 10.3 Å². The first-order valence-corrected chi connectivity index (χ1v) is 4.81. The van der Waals surface area contributed by atoms with E-state index < -0.39 is 0 Å². The Morgan fingerprint density at radius 3 is 2.80 bits per heavy atom. The molecule has 1 aromatic rings. The first-order valence-electron chi connectivity index (χ1n) is 4.81. The molecule has 0 unspecified atom stereocenters. The predicted octanol–water partition coefficient (Wildman–Crippen LogP) is 0.832. The van der Waals surface area contributed by atoms with Crippen LogP contribution in [0, 0.1) is 0 Å². The number of hydrogen-bond acceptors (Lipinski definition) is 4. The summed E-state index contributed by atoms with van der Waals surface area (Å²) in [7, 11) is 0. The summed E-state index contributed by atoms with van der Waals surface area (Å²) in [6.45, 7) is 3.56. The summed E-state index contributed by atoms with van der Waals surface area (Å²) in [6.07, 6.45) is 2.31. The van der Waals surface area contributed by atoms with Gasteiger partial charge in [-0.2, -0.15) is 0 Å². The van der Waals surface area contributed by atoms with E-state index in [1.54, 1.807) is 6.20 Å². The van der Waals surface area contributed by atoms with Gasteiger partial charge in [-0.1, -0.05) is 6.92 Å². The van der Waals surface area contributed by atoms with Crippen molar-refractivity contribution in [3.8, 4) is 0 Å². The molecule has 0 bridgehead atoms. The van der Waals surface area contributed by atoms with Gasteiger partial charge in [0.2, 0.25) is 11.8 Å². The number of carbonyl (C=O) groups excluding carboxylic acids is 2. The van der Waals surface area contributed by atoms with E-state index in [0.717, 1.165) is 12.2 Å². The van der Waals surface area contributed by atoms with E-state index in [1.807, 2.05) is 6.92 Å². The molecule has 0 atom stereocenters. The fraction of sp³-hybridized carbons (Fsp3) is 0.500. The Bertz CT molecular complexity index is 357. The average molecular weight is 210 g/mol. The molecule has 0 radical (unpaired) electrons. The second kappa shape index (κ2) is 5.29. The number of nitrogens with one attached hydrogen (secondary N) is 1. The van der Waals surface area contributed by atoms with Crippen LogP contribution in [-0.2, 0) is 22.6 Å². The Balaban J connectivity index is 2.36. The molecule has 0 aliphatic carbocycles. The lowest BCUT2D eigenvalue weighted by Crippen LogP contribution is -2.24. The molecule has 0 aliphatic heterocycles. The minimum absolute atomic E-state index is 0.0959. The van der Waals surface area contributed by atoms with Gasteiger partial charge in [-0.3, -0.25) is 9.59 Å². The molecular formula is C10H14N2O3. The van der Waals surface area contributed by atoms with Crippen molar-refractivity contribution in [2.24, 2.45) is 0 Å².